The third kappa shape index (κ3) is 0.961. The Kier molecular flexibility index (Phi) is 1.30. The summed E-state index contributed by atoms with van der Waals surface area (Å²) in [5, 5.41) is 0. The highest BCUT2D eigenvalue weighted by Crippen LogP contribution is 2.19. The Morgan fingerprint density at radius 2 is 2.18 bits per heavy atom. The molecule has 0 bridgehead atoms. The molecule has 0 fully saturated rings. The van der Waals surface area contributed by atoms with Crippen LogP contribution < -0.4 is 5.46 Å². The molecular weight excluding hydrogens is 142 g/mol. The monoisotopic (exact) mass is 151 g/mol. The molecule has 0 spiro atoms. The first-order chi connectivity index (χ1) is 5.20. The van der Waals surface area contributed by atoms with E-state index < -0.39 is 6.63 Å². The first kappa shape index (κ1) is 6.86. The summed E-state index contributed by atoms with van der Waals surface area (Å²) in [5.41, 5.74) is 1.71. The highest BCUT2D eigenvalue weighted by atomic mass is 19.1. The predicted molar refractivity (Wildman–Crippen MR) is 43.6 cm³/mol. The lowest BCUT2D eigenvalue weighted by Crippen LogP contribution is -2.38. The summed E-state index contributed by atoms with van der Waals surface area (Å²) in [6.07, 6.45) is 0. The van der Waals surface area contributed by atoms with Crippen LogP contribution in [0.2, 0.25) is 6.82 Å². The van der Waals surface area contributed by atoms with E-state index in [0.29, 0.717) is 6.61 Å². The van der Waals surface area contributed by atoms with E-state index in [1.807, 2.05) is 18.2 Å². The molecular formula is C8H9BFO-. The summed E-state index contributed by atoms with van der Waals surface area (Å²) in [5.74, 6) is 0. The van der Waals surface area contributed by atoms with E-state index in [4.69, 9.17) is 4.65 Å². The maximum absolute atomic E-state index is 13.4. The van der Waals surface area contributed by atoms with Gasteiger partial charge in [-0.25, -0.2) is 0 Å². The minimum absolute atomic E-state index is 0.420. The summed E-state index contributed by atoms with van der Waals surface area (Å²) < 4.78 is 18.5. The van der Waals surface area contributed by atoms with Gasteiger partial charge in [0.25, 0.3) is 6.63 Å². The van der Waals surface area contributed by atoms with Crippen molar-refractivity contribution in [2.45, 2.75) is 13.4 Å². The maximum Gasteiger partial charge on any atom is 0.300 e. The molecule has 0 aromatic heterocycles. The van der Waals surface area contributed by atoms with Gasteiger partial charge in [-0.2, -0.15) is 0 Å². The average molecular weight is 151 g/mol. The van der Waals surface area contributed by atoms with Gasteiger partial charge in [-0.15, -0.1) is 12.3 Å². The summed E-state index contributed by atoms with van der Waals surface area (Å²) in [4.78, 5) is 0. The highest BCUT2D eigenvalue weighted by molar-refractivity contribution is 6.80. The van der Waals surface area contributed by atoms with Gasteiger partial charge >= 0.3 is 0 Å². The zero-order valence-electron chi connectivity index (χ0n) is 6.38. The second-order valence-corrected chi connectivity index (χ2v) is 3.07. The fraction of sp³-hybridized carbons (Fsp3) is 0.250. The number of halogens is 1. The molecule has 0 amide bonds. The third-order valence-electron chi connectivity index (χ3n) is 2.16. The topological polar surface area (TPSA) is 9.23 Å². The van der Waals surface area contributed by atoms with E-state index in [1.54, 1.807) is 6.07 Å². The van der Waals surface area contributed by atoms with Gasteiger partial charge < -0.3 is 8.97 Å². The van der Waals surface area contributed by atoms with E-state index in [0.717, 1.165) is 11.0 Å². The molecule has 1 nitrogen and oxygen atoms in total. The van der Waals surface area contributed by atoms with Crippen molar-refractivity contribution in [3.63, 3.8) is 0 Å². The van der Waals surface area contributed by atoms with Gasteiger partial charge in [0.1, 0.15) is 0 Å². The number of hydrogen-bond donors (Lipinski definition) is 0. The second kappa shape index (κ2) is 2.08. The predicted octanol–water partition coefficient (Wildman–Crippen LogP) is 1.47. The molecule has 0 saturated heterocycles. The van der Waals surface area contributed by atoms with Crippen LogP contribution >= 0.6 is 0 Å². The van der Waals surface area contributed by atoms with Gasteiger partial charge in [-0.1, -0.05) is 29.8 Å². The molecule has 0 saturated carbocycles. The van der Waals surface area contributed by atoms with Crippen molar-refractivity contribution in [1.82, 2.24) is 0 Å². The Bertz CT molecular complexity index is 285. The zero-order chi connectivity index (χ0) is 7.90. The average Bonchev–Trinajstić information content (AvgIpc) is 2.29. The van der Waals surface area contributed by atoms with Crippen LogP contribution in [0.1, 0.15) is 5.56 Å². The van der Waals surface area contributed by atoms with Crippen LogP contribution in [0.4, 0.5) is 4.32 Å². The first-order valence-corrected chi connectivity index (χ1v) is 3.79. The van der Waals surface area contributed by atoms with E-state index >= 15 is 0 Å². The maximum atomic E-state index is 13.4. The van der Waals surface area contributed by atoms with Crippen molar-refractivity contribution in [2.75, 3.05) is 0 Å². The summed E-state index contributed by atoms with van der Waals surface area (Å²) >= 11 is 0. The normalized spacial score (nSPS) is 28.5. The molecule has 0 aliphatic carbocycles. The first-order valence-electron chi connectivity index (χ1n) is 3.79. The summed E-state index contributed by atoms with van der Waals surface area (Å²) in [7, 11) is 0. The van der Waals surface area contributed by atoms with Crippen molar-refractivity contribution in [3.05, 3.63) is 29.8 Å². The Morgan fingerprint density at radius 3 is 2.91 bits per heavy atom. The lowest BCUT2D eigenvalue weighted by atomic mass is 9.58. The molecule has 58 valence electrons. The van der Waals surface area contributed by atoms with Gasteiger partial charge in [0, 0.05) is 6.61 Å². The van der Waals surface area contributed by atoms with Gasteiger partial charge in [-0.05, 0) is 0 Å². The molecule has 3 heteroatoms. The molecule has 1 aromatic carbocycles. The Balaban J connectivity index is 2.56. The van der Waals surface area contributed by atoms with Crippen LogP contribution in [-0.2, 0) is 11.3 Å². The number of fused-ring (bicyclic) bond motifs is 1. The second-order valence-electron chi connectivity index (χ2n) is 3.07. The zero-order valence-corrected chi connectivity index (χ0v) is 6.38. The number of hydrogen-bond acceptors (Lipinski definition) is 1. The van der Waals surface area contributed by atoms with Crippen LogP contribution in [-0.4, -0.2) is 6.63 Å². The van der Waals surface area contributed by atoms with Gasteiger partial charge in [0.15, 0.2) is 0 Å². The molecule has 2 rings (SSSR count). The Labute approximate surface area is 65.2 Å². The highest BCUT2D eigenvalue weighted by Gasteiger charge is 2.28. The van der Waals surface area contributed by atoms with E-state index in [-0.39, 0.29) is 0 Å². The van der Waals surface area contributed by atoms with Crippen LogP contribution in [0.3, 0.4) is 0 Å². The van der Waals surface area contributed by atoms with Crippen molar-refractivity contribution < 1.29 is 8.97 Å². The molecule has 1 aromatic rings. The Hall–Kier alpha value is -0.825. The van der Waals surface area contributed by atoms with Gasteiger partial charge in [-0.3, -0.25) is 0 Å². The Morgan fingerprint density at radius 1 is 1.45 bits per heavy atom. The molecule has 1 aliphatic heterocycles. The standard InChI is InChI=1S/C8H9BFO/c1-9(10)8-5-3-2-4-7(8)6-11-9/h2-5H,6H2,1H3/q-1. The summed E-state index contributed by atoms with van der Waals surface area (Å²) in [6, 6.07) is 7.44. The molecule has 1 unspecified atom stereocenters. The quantitative estimate of drug-likeness (QED) is 0.510. The van der Waals surface area contributed by atoms with E-state index in [2.05, 4.69) is 0 Å². The minimum Gasteiger partial charge on any atom is -0.558 e. The van der Waals surface area contributed by atoms with Crippen LogP contribution in [0.15, 0.2) is 24.3 Å². The molecule has 11 heavy (non-hydrogen) atoms. The SMILES string of the molecule is C[B-]1(F)OCc2ccccc21. The largest absolute Gasteiger partial charge is 0.558 e. The molecule has 0 radical (unpaired) electrons. The third-order valence-corrected chi connectivity index (χ3v) is 2.16. The molecule has 1 aliphatic rings. The van der Waals surface area contributed by atoms with Crippen molar-refractivity contribution >= 4 is 12.1 Å². The van der Waals surface area contributed by atoms with E-state index in [9.17, 15) is 4.32 Å². The molecule has 0 N–H and O–H groups in total. The van der Waals surface area contributed by atoms with Gasteiger partial charge in [0.2, 0.25) is 0 Å². The number of rotatable bonds is 0. The van der Waals surface area contributed by atoms with Crippen LogP contribution in [0, 0.1) is 0 Å². The molecule has 1 heterocycles. The fourth-order valence-electron chi connectivity index (χ4n) is 1.50. The van der Waals surface area contributed by atoms with Crippen LogP contribution in [0.5, 0.6) is 0 Å². The van der Waals surface area contributed by atoms with Gasteiger partial charge in [0.05, 0.1) is 0 Å². The lowest BCUT2D eigenvalue weighted by molar-refractivity contribution is 0.286. The molecule has 1 atom stereocenters. The number of benzene rings is 1. The summed E-state index contributed by atoms with van der Waals surface area (Å²) in [6.45, 7) is -0.272. The minimum atomic E-state index is -2.20. The van der Waals surface area contributed by atoms with E-state index in [1.165, 1.54) is 6.82 Å². The van der Waals surface area contributed by atoms with Crippen molar-refractivity contribution in [2.24, 2.45) is 0 Å². The smallest absolute Gasteiger partial charge is 0.300 e. The van der Waals surface area contributed by atoms with Crippen molar-refractivity contribution in [1.29, 1.82) is 0 Å². The van der Waals surface area contributed by atoms with Crippen LogP contribution in [0.25, 0.3) is 0 Å². The lowest BCUT2D eigenvalue weighted by Gasteiger charge is -2.21. The van der Waals surface area contributed by atoms with Crippen molar-refractivity contribution in [3.8, 4) is 0 Å². The fourth-order valence-corrected chi connectivity index (χ4v) is 1.50.